The Hall–Kier alpha value is -3.00. The summed E-state index contributed by atoms with van der Waals surface area (Å²) >= 11 is 1.26. The van der Waals surface area contributed by atoms with Gasteiger partial charge in [-0.1, -0.05) is 48.5 Å². The Bertz CT molecular complexity index is 1290. The first kappa shape index (κ1) is 20.9. The molecule has 3 heterocycles. The first-order valence-electron chi connectivity index (χ1n) is 10.5. The van der Waals surface area contributed by atoms with E-state index in [-0.39, 0.29) is 6.04 Å². The van der Waals surface area contributed by atoms with Crippen LogP contribution < -0.4 is 5.32 Å². The quantitative estimate of drug-likeness (QED) is 0.452. The number of sulfonamides is 1. The maximum absolute atomic E-state index is 13.7. The maximum Gasteiger partial charge on any atom is 0.253 e. The molecule has 2 aromatic carbocycles. The number of thiophene rings is 1. The van der Waals surface area contributed by atoms with Crippen molar-refractivity contribution in [2.45, 2.75) is 23.2 Å². The van der Waals surface area contributed by atoms with E-state index >= 15 is 0 Å². The molecule has 1 aliphatic heterocycles. The van der Waals surface area contributed by atoms with Gasteiger partial charge in [-0.05, 0) is 58.3 Å². The summed E-state index contributed by atoms with van der Waals surface area (Å²) in [6.07, 6.45) is 4.13. The van der Waals surface area contributed by atoms with Gasteiger partial charge in [-0.25, -0.2) is 8.42 Å². The van der Waals surface area contributed by atoms with Crippen LogP contribution in [0.3, 0.4) is 0 Å². The smallest absolute Gasteiger partial charge is 0.253 e. The van der Waals surface area contributed by atoms with Crippen LogP contribution in [0.2, 0.25) is 0 Å². The van der Waals surface area contributed by atoms with Gasteiger partial charge in [0.25, 0.3) is 10.0 Å². The van der Waals surface area contributed by atoms with E-state index < -0.39 is 10.0 Å². The predicted molar refractivity (Wildman–Crippen MR) is 129 cm³/mol. The van der Waals surface area contributed by atoms with E-state index in [4.69, 9.17) is 0 Å². The summed E-state index contributed by atoms with van der Waals surface area (Å²) in [4.78, 5) is 4.21. The zero-order valence-electron chi connectivity index (χ0n) is 17.4. The molecule has 2 aromatic heterocycles. The van der Waals surface area contributed by atoms with Crippen molar-refractivity contribution >= 4 is 27.0 Å². The summed E-state index contributed by atoms with van der Waals surface area (Å²) in [6.45, 7) is 0.839. The lowest BCUT2D eigenvalue weighted by Crippen LogP contribution is -2.43. The van der Waals surface area contributed by atoms with Crippen molar-refractivity contribution in [3.8, 4) is 11.1 Å². The molecule has 1 N–H and O–H groups in total. The molecular weight excluding hydrogens is 438 g/mol. The van der Waals surface area contributed by atoms with Crippen LogP contribution in [0.1, 0.15) is 11.1 Å². The summed E-state index contributed by atoms with van der Waals surface area (Å²) < 4.78 is 29.3. The summed E-state index contributed by atoms with van der Waals surface area (Å²) in [5, 5.41) is 5.30. The number of nitrogens with one attached hydrogen (secondary N) is 1. The maximum atomic E-state index is 13.7. The van der Waals surface area contributed by atoms with Crippen molar-refractivity contribution in [3.63, 3.8) is 0 Å². The van der Waals surface area contributed by atoms with E-state index in [0.717, 1.165) is 27.9 Å². The molecule has 0 radical (unpaired) electrons. The van der Waals surface area contributed by atoms with Crippen LogP contribution in [0, 0.1) is 0 Å². The molecule has 1 aliphatic rings. The molecule has 0 amide bonds. The number of fused-ring (bicyclic) bond motifs is 1. The van der Waals surface area contributed by atoms with Gasteiger partial charge in [0.2, 0.25) is 0 Å². The number of rotatable bonds is 5. The topological polar surface area (TPSA) is 62.3 Å². The van der Waals surface area contributed by atoms with Gasteiger partial charge in [-0.15, -0.1) is 11.3 Å². The molecule has 1 atom stereocenters. The van der Waals surface area contributed by atoms with Gasteiger partial charge in [-0.3, -0.25) is 4.98 Å². The van der Waals surface area contributed by atoms with E-state index in [2.05, 4.69) is 40.6 Å². The Morgan fingerprint density at radius 2 is 1.88 bits per heavy atom. The average Bonchev–Trinajstić information content (AvgIpc) is 3.32. The number of anilines is 1. The lowest BCUT2D eigenvalue weighted by Gasteiger charge is -2.28. The SMILES string of the molecule is O=S(=O)(c1cccs1)N1Cc2cc(-c3ccccc3)ccc2NC[C@H]1Cc1cccnc1. The number of nitrogens with zero attached hydrogens (tertiary/aromatic N) is 2. The van der Waals surface area contributed by atoms with Gasteiger partial charge in [0, 0.05) is 37.2 Å². The van der Waals surface area contributed by atoms with Gasteiger partial charge in [0.05, 0.1) is 0 Å². The molecule has 0 unspecified atom stereocenters. The van der Waals surface area contributed by atoms with Crippen molar-refractivity contribution in [3.05, 3.63) is 102 Å². The molecular formula is C25H23N3O2S2. The monoisotopic (exact) mass is 461 g/mol. The molecule has 7 heteroatoms. The molecule has 32 heavy (non-hydrogen) atoms. The number of hydrogen-bond acceptors (Lipinski definition) is 5. The molecule has 5 rings (SSSR count). The highest BCUT2D eigenvalue weighted by Gasteiger charge is 2.35. The van der Waals surface area contributed by atoms with Crippen molar-refractivity contribution < 1.29 is 8.42 Å². The van der Waals surface area contributed by atoms with Crippen molar-refractivity contribution in [1.82, 2.24) is 9.29 Å². The summed E-state index contributed by atoms with van der Waals surface area (Å²) in [6, 6.07) is 23.5. The molecule has 0 saturated heterocycles. The minimum atomic E-state index is -3.64. The van der Waals surface area contributed by atoms with E-state index in [0.29, 0.717) is 23.7 Å². The van der Waals surface area contributed by atoms with Gasteiger partial charge < -0.3 is 5.32 Å². The van der Waals surface area contributed by atoms with Crippen LogP contribution in [0.4, 0.5) is 5.69 Å². The Morgan fingerprint density at radius 3 is 2.62 bits per heavy atom. The second-order valence-corrected chi connectivity index (χ2v) is 10.9. The second kappa shape index (κ2) is 8.86. The predicted octanol–water partition coefficient (Wildman–Crippen LogP) is 5.04. The van der Waals surface area contributed by atoms with Gasteiger partial charge in [0.15, 0.2) is 0 Å². The highest BCUT2D eigenvalue weighted by molar-refractivity contribution is 7.91. The zero-order valence-corrected chi connectivity index (χ0v) is 19.0. The molecule has 4 aromatic rings. The fourth-order valence-electron chi connectivity index (χ4n) is 4.11. The van der Waals surface area contributed by atoms with E-state index in [1.165, 1.54) is 11.3 Å². The summed E-state index contributed by atoms with van der Waals surface area (Å²) in [5.74, 6) is 0. The normalized spacial score (nSPS) is 16.7. The van der Waals surface area contributed by atoms with Crippen LogP contribution in [0.5, 0.6) is 0 Å². The van der Waals surface area contributed by atoms with Crippen molar-refractivity contribution in [1.29, 1.82) is 0 Å². The van der Waals surface area contributed by atoms with Crippen LogP contribution in [0.15, 0.2) is 94.8 Å². The minimum Gasteiger partial charge on any atom is -0.383 e. The highest BCUT2D eigenvalue weighted by Crippen LogP contribution is 2.33. The third kappa shape index (κ3) is 4.19. The number of benzene rings is 2. The van der Waals surface area contributed by atoms with Crippen molar-refractivity contribution in [2.24, 2.45) is 0 Å². The molecule has 0 saturated carbocycles. The van der Waals surface area contributed by atoms with E-state index in [1.807, 2.05) is 36.5 Å². The summed E-state index contributed by atoms with van der Waals surface area (Å²) in [7, 11) is -3.64. The van der Waals surface area contributed by atoms with E-state index in [9.17, 15) is 8.42 Å². The lowest BCUT2D eigenvalue weighted by molar-refractivity contribution is 0.326. The fraction of sp³-hybridized carbons (Fsp3) is 0.160. The summed E-state index contributed by atoms with van der Waals surface area (Å²) in [5.41, 5.74) is 5.15. The van der Waals surface area contributed by atoms with Crippen LogP contribution in [-0.2, 0) is 23.0 Å². The molecule has 5 nitrogen and oxygen atoms in total. The Kier molecular flexibility index (Phi) is 5.78. The molecule has 0 aliphatic carbocycles. The molecule has 0 spiro atoms. The molecule has 162 valence electrons. The standard InChI is InChI=1S/C25H23N3O2S2/c29-32(30,25-9-5-13-31-25)28-18-22-15-21(20-7-2-1-3-8-20)10-11-24(22)27-17-23(28)14-19-6-4-12-26-16-19/h1-13,15-16,23,27H,14,17-18H2/t23-/m1/s1. The zero-order chi connectivity index (χ0) is 22.0. The molecule has 0 bridgehead atoms. The largest absolute Gasteiger partial charge is 0.383 e. The lowest BCUT2D eigenvalue weighted by atomic mass is 10.0. The number of hydrogen-bond donors (Lipinski definition) is 1. The molecule has 0 fully saturated rings. The number of aromatic nitrogens is 1. The van der Waals surface area contributed by atoms with Crippen LogP contribution >= 0.6 is 11.3 Å². The first-order chi connectivity index (χ1) is 15.6. The average molecular weight is 462 g/mol. The van der Waals surface area contributed by atoms with E-state index in [1.54, 1.807) is 28.0 Å². The van der Waals surface area contributed by atoms with Gasteiger partial charge in [0.1, 0.15) is 4.21 Å². The Balaban J connectivity index is 1.55. The van der Waals surface area contributed by atoms with Crippen molar-refractivity contribution in [2.75, 3.05) is 11.9 Å². The Labute approximate surface area is 192 Å². The third-order valence-corrected chi connectivity index (χ3v) is 9.00. The number of pyridine rings is 1. The van der Waals surface area contributed by atoms with Crippen LogP contribution in [0.25, 0.3) is 11.1 Å². The second-order valence-electron chi connectivity index (χ2n) is 7.82. The Morgan fingerprint density at radius 1 is 1.00 bits per heavy atom. The third-order valence-electron chi connectivity index (χ3n) is 5.73. The van der Waals surface area contributed by atoms with Gasteiger partial charge in [-0.2, -0.15) is 4.31 Å². The fourth-order valence-corrected chi connectivity index (χ4v) is 6.83. The van der Waals surface area contributed by atoms with Gasteiger partial charge >= 0.3 is 0 Å². The van der Waals surface area contributed by atoms with Crippen LogP contribution in [-0.4, -0.2) is 30.3 Å². The first-order valence-corrected chi connectivity index (χ1v) is 12.8. The minimum absolute atomic E-state index is 0.237. The highest BCUT2D eigenvalue weighted by atomic mass is 32.2.